The van der Waals surface area contributed by atoms with Crippen LogP contribution < -0.4 is 0 Å². The van der Waals surface area contributed by atoms with E-state index in [9.17, 15) is 0 Å². The van der Waals surface area contributed by atoms with Gasteiger partial charge in [0.1, 0.15) is 0 Å². The first-order chi connectivity index (χ1) is 9.13. The molecule has 0 amide bonds. The van der Waals surface area contributed by atoms with Crippen LogP contribution in [0.2, 0.25) is 0 Å². The first kappa shape index (κ1) is 14.1. The van der Waals surface area contributed by atoms with Gasteiger partial charge < -0.3 is 4.74 Å². The van der Waals surface area contributed by atoms with Gasteiger partial charge in [-0.3, -0.25) is 4.90 Å². The van der Waals surface area contributed by atoms with Gasteiger partial charge in [-0.2, -0.15) is 0 Å². The second-order valence-electron chi connectivity index (χ2n) is 5.69. The monoisotopic (exact) mass is 257 g/mol. The Morgan fingerprint density at radius 3 is 2.79 bits per heavy atom. The lowest BCUT2D eigenvalue weighted by molar-refractivity contribution is 0.0427. The van der Waals surface area contributed by atoms with Crippen LogP contribution >= 0.6 is 0 Å². The molecule has 0 aliphatic carbocycles. The molecule has 0 saturated carbocycles. The highest BCUT2D eigenvalue weighted by atomic mass is 16.5. The second kappa shape index (κ2) is 6.23. The molecule has 102 valence electrons. The number of hydrogen-bond acceptors (Lipinski definition) is 2. The molecule has 1 aromatic carbocycles. The van der Waals surface area contributed by atoms with Gasteiger partial charge in [-0.05, 0) is 32.3 Å². The fourth-order valence-corrected chi connectivity index (χ4v) is 2.71. The van der Waals surface area contributed by atoms with Crippen LogP contribution in [0, 0.1) is 12.3 Å². The minimum absolute atomic E-state index is 0.169. The summed E-state index contributed by atoms with van der Waals surface area (Å²) in [5, 5.41) is 0. The quantitative estimate of drug-likeness (QED) is 0.752. The van der Waals surface area contributed by atoms with E-state index >= 15 is 0 Å². The summed E-state index contributed by atoms with van der Waals surface area (Å²) in [5.41, 5.74) is 1.06. The molecule has 1 aliphatic rings. The summed E-state index contributed by atoms with van der Waals surface area (Å²) in [7, 11) is 0. The molecule has 0 bridgehead atoms. The van der Waals surface area contributed by atoms with E-state index in [1.54, 1.807) is 0 Å². The smallest absolute Gasteiger partial charge is 0.0769 e. The highest BCUT2D eigenvalue weighted by molar-refractivity contribution is 5.13. The molecular formula is C17H23NO. The zero-order valence-corrected chi connectivity index (χ0v) is 11.9. The molecule has 1 atom stereocenters. The largest absolute Gasteiger partial charge is 0.375 e. The number of rotatable bonds is 5. The summed E-state index contributed by atoms with van der Waals surface area (Å²) < 4.78 is 5.86. The van der Waals surface area contributed by atoms with E-state index in [1.807, 2.05) is 18.2 Å². The minimum atomic E-state index is -0.169. The lowest BCUT2D eigenvalue weighted by Crippen LogP contribution is -2.47. The van der Waals surface area contributed by atoms with E-state index in [0.29, 0.717) is 12.6 Å². The minimum Gasteiger partial charge on any atom is -0.375 e. The molecule has 2 nitrogen and oxygen atoms in total. The van der Waals surface area contributed by atoms with Crippen LogP contribution in [0.5, 0.6) is 0 Å². The third-order valence-electron chi connectivity index (χ3n) is 3.87. The SMILES string of the molecule is C#CC(C)(C)N1CCC[C@H]1COCc1ccccc1. The van der Waals surface area contributed by atoms with Crippen LogP contribution in [0.25, 0.3) is 0 Å². The molecule has 0 N–H and O–H groups in total. The summed E-state index contributed by atoms with van der Waals surface area (Å²) >= 11 is 0. The van der Waals surface area contributed by atoms with E-state index in [-0.39, 0.29) is 5.54 Å². The lowest BCUT2D eigenvalue weighted by atomic mass is 10.0. The number of hydrogen-bond donors (Lipinski definition) is 0. The normalized spacial score (nSPS) is 20.4. The summed E-state index contributed by atoms with van der Waals surface area (Å²) in [4.78, 5) is 2.40. The maximum atomic E-state index is 5.86. The Balaban J connectivity index is 1.84. The van der Waals surface area contributed by atoms with Crippen molar-refractivity contribution in [2.45, 2.75) is 44.9 Å². The number of benzene rings is 1. The van der Waals surface area contributed by atoms with E-state index in [4.69, 9.17) is 11.2 Å². The van der Waals surface area contributed by atoms with E-state index in [1.165, 1.54) is 18.4 Å². The van der Waals surface area contributed by atoms with E-state index in [0.717, 1.165) is 13.2 Å². The zero-order chi connectivity index (χ0) is 13.7. The number of terminal acetylenes is 1. The van der Waals surface area contributed by atoms with Crippen LogP contribution in [-0.4, -0.2) is 29.6 Å². The van der Waals surface area contributed by atoms with Crippen LogP contribution in [0.4, 0.5) is 0 Å². The standard InChI is InChI=1S/C17H23NO/c1-4-17(2,3)18-12-8-11-16(18)14-19-13-15-9-6-5-7-10-15/h1,5-7,9-10,16H,8,11-14H2,2-3H3/t16-/m0/s1. The molecule has 1 aliphatic heterocycles. The summed E-state index contributed by atoms with van der Waals surface area (Å²) in [6, 6.07) is 10.8. The first-order valence-corrected chi connectivity index (χ1v) is 6.99. The van der Waals surface area contributed by atoms with Crippen LogP contribution in [-0.2, 0) is 11.3 Å². The van der Waals surface area contributed by atoms with E-state index < -0.39 is 0 Å². The average Bonchev–Trinajstić information content (AvgIpc) is 2.89. The van der Waals surface area contributed by atoms with Gasteiger partial charge >= 0.3 is 0 Å². The topological polar surface area (TPSA) is 12.5 Å². The Hall–Kier alpha value is -1.30. The molecule has 0 unspecified atom stereocenters. The molecule has 1 heterocycles. The summed E-state index contributed by atoms with van der Waals surface area (Å²) in [6.45, 7) is 6.75. The second-order valence-corrected chi connectivity index (χ2v) is 5.69. The zero-order valence-electron chi connectivity index (χ0n) is 11.9. The molecule has 2 rings (SSSR count). The van der Waals surface area contributed by atoms with Gasteiger partial charge in [-0.1, -0.05) is 36.3 Å². The van der Waals surface area contributed by atoms with Crippen molar-refractivity contribution < 1.29 is 4.74 Å². The van der Waals surface area contributed by atoms with Gasteiger partial charge in [-0.15, -0.1) is 6.42 Å². The molecular weight excluding hydrogens is 234 g/mol. The summed E-state index contributed by atoms with van der Waals surface area (Å²) in [6.07, 6.45) is 8.03. The maximum absolute atomic E-state index is 5.86. The molecule has 2 heteroatoms. The van der Waals surface area contributed by atoms with Gasteiger partial charge in [0.15, 0.2) is 0 Å². The highest BCUT2D eigenvalue weighted by Crippen LogP contribution is 2.26. The van der Waals surface area contributed by atoms with Gasteiger partial charge in [0.25, 0.3) is 0 Å². The van der Waals surface area contributed by atoms with Crippen LogP contribution in [0.1, 0.15) is 32.3 Å². The maximum Gasteiger partial charge on any atom is 0.0769 e. The Bertz CT molecular complexity index is 432. The number of nitrogens with zero attached hydrogens (tertiary/aromatic N) is 1. The molecule has 1 fully saturated rings. The first-order valence-electron chi connectivity index (χ1n) is 6.99. The van der Waals surface area contributed by atoms with Gasteiger partial charge in [0.05, 0.1) is 18.8 Å². The Morgan fingerprint density at radius 1 is 1.37 bits per heavy atom. The van der Waals surface area contributed by atoms with Crippen molar-refractivity contribution in [3.05, 3.63) is 35.9 Å². The number of ether oxygens (including phenoxy) is 1. The molecule has 0 spiro atoms. The predicted octanol–water partition coefficient (Wildman–Crippen LogP) is 3.08. The third kappa shape index (κ3) is 3.59. The number of likely N-dealkylation sites (tertiary alicyclic amines) is 1. The Kier molecular flexibility index (Phi) is 4.63. The Morgan fingerprint density at radius 2 is 2.11 bits per heavy atom. The van der Waals surface area contributed by atoms with Crippen molar-refractivity contribution in [1.82, 2.24) is 4.90 Å². The van der Waals surface area contributed by atoms with Crippen molar-refractivity contribution in [1.29, 1.82) is 0 Å². The predicted molar refractivity (Wildman–Crippen MR) is 78.7 cm³/mol. The fourth-order valence-electron chi connectivity index (χ4n) is 2.71. The molecule has 0 aromatic heterocycles. The highest BCUT2D eigenvalue weighted by Gasteiger charge is 2.34. The average molecular weight is 257 g/mol. The molecule has 1 saturated heterocycles. The summed E-state index contributed by atoms with van der Waals surface area (Å²) in [5.74, 6) is 2.89. The van der Waals surface area contributed by atoms with Crippen molar-refractivity contribution in [3.63, 3.8) is 0 Å². The fraction of sp³-hybridized carbons (Fsp3) is 0.529. The van der Waals surface area contributed by atoms with Crippen LogP contribution in [0.15, 0.2) is 30.3 Å². The van der Waals surface area contributed by atoms with Crippen molar-refractivity contribution >= 4 is 0 Å². The van der Waals surface area contributed by atoms with Crippen molar-refractivity contribution in [3.8, 4) is 12.3 Å². The van der Waals surface area contributed by atoms with E-state index in [2.05, 4.69) is 36.8 Å². The van der Waals surface area contributed by atoms with Gasteiger partial charge in [0.2, 0.25) is 0 Å². The molecule has 19 heavy (non-hydrogen) atoms. The van der Waals surface area contributed by atoms with Crippen LogP contribution in [0.3, 0.4) is 0 Å². The molecule has 1 aromatic rings. The van der Waals surface area contributed by atoms with Gasteiger partial charge in [-0.25, -0.2) is 0 Å². The van der Waals surface area contributed by atoms with Crippen molar-refractivity contribution in [2.75, 3.05) is 13.2 Å². The van der Waals surface area contributed by atoms with Gasteiger partial charge in [0, 0.05) is 12.6 Å². The lowest BCUT2D eigenvalue weighted by Gasteiger charge is -2.35. The third-order valence-corrected chi connectivity index (χ3v) is 3.87. The van der Waals surface area contributed by atoms with Crippen molar-refractivity contribution in [2.24, 2.45) is 0 Å². The Labute approximate surface area is 116 Å². The molecule has 0 radical (unpaired) electrons.